The molecule has 1 saturated heterocycles. The molecule has 5 rings (SSSR count). The van der Waals surface area contributed by atoms with Crippen LogP contribution in [0.1, 0.15) is 0 Å². The van der Waals surface area contributed by atoms with Crippen LogP contribution in [0.25, 0.3) is 20.7 Å². The fraction of sp³-hybridized carbons (Fsp3) is 0.174. The first-order valence-electron chi connectivity index (χ1n) is 9.85. The molecule has 4 aromatic rings. The number of hydrogen-bond acceptors (Lipinski definition) is 6. The van der Waals surface area contributed by atoms with E-state index in [1.807, 2.05) is 6.07 Å². The van der Waals surface area contributed by atoms with Gasteiger partial charge in [-0.1, -0.05) is 12.1 Å². The number of nitrogens with two attached hydrogens (primary N) is 1. The Labute approximate surface area is 177 Å². The molecule has 3 N–H and O–H groups in total. The van der Waals surface area contributed by atoms with Crippen molar-refractivity contribution < 1.29 is 9.13 Å². The Bertz CT molecular complexity index is 1190. The van der Waals surface area contributed by atoms with Gasteiger partial charge in [0.1, 0.15) is 5.75 Å². The Morgan fingerprint density at radius 2 is 1.80 bits per heavy atom. The van der Waals surface area contributed by atoms with E-state index < -0.39 is 5.82 Å². The topological polar surface area (TPSA) is 63.4 Å². The van der Waals surface area contributed by atoms with Crippen LogP contribution in [-0.2, 0) is 0 Å². The van der Waals surface area contributed by atoms with Crippen molar-refractivity contribution in [2.24, 2.45) is 0 Å². The number of nitrogens with zero attached hydrogens (tertiary/aromatic N) is 2. The van der Waals surface area contributed by atoms with Gasteiger partial charge >= 0.3 is 0 Å². The molecule has 1 fully saturated rings. The number of anilines is 2. The number of aromatic nitrogens is 1. The Hall–Kier alpha value is -3.16. The molecule has 30 heavy (non-hydrogen) atoms. The lowest BCUT2D eigenvalue weighted by Crippen LogP contribution is -2.43. The molecule has 7 heteroatoms. The van der Waals surface area contributed by atoms with E-state index in [-0.39, 0.29) is 5.75 Å². The molecule has 0 aliphatic carbocycles. The van der Waals surface area contributed by atoms with Crippen LogP contribution in [0.5, 0.6) is 11.5 Å². The number of benzene rings is 2. The van der Waals surface area contributed by atoms with Crippen LogP contribution in [0.3, 0.4) is 0 Å². The smallest absolute Gasteiger partial charge is 0.167 e. The molecule has 0 unspecified atom stereocenters. The molecule has 0 atom stereocenters. The van der Waals surface area contributed by atoms with Crippen LogP contribution in [0.2, 0.25) is 0 Å². The summed E-state index contributed by atoms with van der Waals surface area (Å²) in [4.78, 5) is 7.94. The van der Waals surface area contributed by atoms with Gasteiger partial charge in [-0.3, -0.25) is 4.98 Å². The minimum absolute atomic E-state index is 0.145. The second-order valence-electron chi connectivity index (χ2n) is 7.21. The predicted molar refractivity (Wildman–Crippen MR) is 121 cm³/mol. The number of fused-ring (bicyclic) bond motifs is 1. The second kappa shape index (κ2) is 7.93. The third-order valence-corrected chi connectivity index (χ3v) is 6.37. The highest BCUT2D eigenvalue weighted by Gasteiger charge is 2.14. The summed E-state index contributed by atoms with van der Waals surface area (Å²) in [5, 5.41) is 3.38. The van der Waals surface area contributed by atoms with Crippen molar-refractivity contribution in [1.82, 2.24) is 10.3 Å². The molecule has 3 heterocycles. The van der Waals surface area contributed by atoms with E-state index in [1.165, 1.54) is 11.8 Å². The normalized spacial score (nSPS) is 14.2. The number of piperazine rings is 1. The summed E-state index contributed by atoms with van der Waals surface area (Å²) in [6, 6.07) is 16.8. The lowest BCUT2D eigenvalue weighted by atomic mass is 10.1. The van der Waals surface area contributed by atoms with E-state index in [9.17, 15) is 4.39 Å². The second-order valence-corrected chi connectivity index (χ2v) is 8.26. The molecule has 0 amide bonds. The first-order valence-corrected chi connectivity index (χ1v) is 10.7. The third-order valence-electron chi connectivity index (χ3n) is 5.19. The zero-order valence-corrected chi connectivity index (χ0v) is 17.1. The van der Waals surface area contributed by atoms with Gasteiger partial charge in [0, 0.05) is 60.8 Å². The van der Waals surface area contributed by atoms with Crippen LogP contribution >= 0.6 is 11.3 Å². The standard InChI is InChI=1S/C23H21FN4OS/c24-18-13-16(25)3-6-20(18)29-21-7-8-27-19-14-22(30-23(19)21)15-1-4-17(5-2-15)28-11-9-26-10-12-28/h1-8,13-14,26H,9-12,25H2. The van der Waals surface area contributed by atoms with Crippen molar-refractivity contribution in [3.05, 3.63) is 66.6 Å². The molecule has 0 radical (unpaired) electrons. The van der Waals surface area contributed by atoms with E-state index in [1.54, 1.807) is 35.7 Å². The van der Waals surface area contributed by atoms with Crippen molar-refractivity contribution in [3.8, 4) is 21.9 Å². The van der Waals surface area contributed by atoms with Gasteiger partial charge in [-0.05, 0) is 35.9 Å². The number of nitrogens with one attached hydrogen (secondary N) is 1. The predicted octanol–water partition coefficient (Wildman–Crippen LogP) is 4.89. The van der Waals surface area contributed by atoms with Crippen molar-refractivity contribution >= 4 is 32.9 Å². The summed E-state index contributed by atoms with van der Waals surface area (Å²) in [7, 11) is 0. The SMILES string of the molecule is Nc1ccc(Oc2ccnc3cc(-c4ccc(N5CCNCC5)cc4)sc23)c(F)c1. The fourth-order valence-corrected chi connectivity index (χ4v) is 4.69. The average molecular weight is 421 g/mol. The van der Waals surface area contributed by atoms with Crippen molar-refractivity contribution in [2.75, 3.05) is 36.8 Å². The minimum Gasteiger partial charge on any atom is -0.453 e. The summed E-state index contributed by atoms with van der Waals surface area (Å²) in [5.41, 5.74) is 9.18. The number of pyridine rings is 1. The zero-order chi connectivity index (χ0) is 20.5. The lowest BCUT2D eigenvalue weighted by molar-refractivity contribution is 0.447. The monoisotopic (exact) mass is 420 g/mol. The fourth-order valence-electron chi connectivity index (χ4n) is 3.62. The highest BCUT2D eigenvalue weighted by molar-refractivity contribution is 7.22. The number of thiophene rings is 1. The van der Waals surface area contributed by atoms with Crippen LogP contribution in [-0.4, -0.2) is 31.2 Å². The molecular formula is C23H21FN4OS. The number of ether oxygens (including phenoxy) is 1. The largest absolute Gasteiger partial charge is 0.453 e. The van der Waals surface area contributed by atoms with Gasteiger partial charge in [-0.15, -0.1) is 11.3 Å². The van der Waals surface area contributed by atoms with Gasteiger partial charge in [0.05, 0.1) is 10.2 Å². The molecule has 152 valence electrons. The molecule has 1 aliphatic heterocycles. The van der Waals surface area contributed by atoms with Crippen LogP contribution in [0, 0.1) is 5.82 Å². The van der Waals surface area contributed by atoms with Crippen LogP contribution in [0.15, 0.2) is 60.8 Å². The quantitative estimate of drug-likeness (QED) is 0.461. The van der Waals surface area contributed by atoms with Gasteiger partial charge in [-0.2, -0.15) is 0 Å². The summed E-state index contributed by atoms with van der Waals surface area (Å²) in [6.45, 7) is 4.07. The molecule has 2 aromatic heterocycles. The van der Waals surface area contributed by atoms with E-state index in [2.05, 4.69) is 39.5 Å². The Morgan fingerprint density at radius 3 is 2.57 bits per heavy atom. The summed E-state index contributed by atoms with van der Waals surface area (Å²) < 4.78 is 20.9. The number of rotatable bonds is 4. The van der Waals surface area contributed by atoms with Gasteiger partial charge in [0.2, 0.25) is 0 Å². The Kier molecular flexibility index (Phi) is 4.98. The average Bonchev–Trinajstić information content (AvgIpc) is 3.22. The van der Waals surface area contributed by atoms with Gasteiger partial charge < -0.3 is 20.7 Å². The molecule has 5 nitrogen and oxygen atoms in total. The van der Waals surface area contributed by atoms with E-state index in [4.69, 9.17) is 10.5 Å². The molecular weight excluding hydrogens is 399 g/mol. The van der Waals surface area contributed by atoms with E-state index in [0.717, 1.165) is 46.8 Å². The highest BCUT2D eigenvalue weighted by Crippen LogP contribution is 2.40. The first-order chi connectivity index (χ1) is 14.7. The lowest BCUT2D eigenvalue weighted by Gasteiger charge is -2.29. The third kappa shape index (κ3) is 3.69. The van der Waals surface area contributed by atoms with Crippen molar-refractivity contribution in [3.63, 3.8) is 0 Å². The minimum atomic E-state index is -0.486. The molecule has 0 saturated carbocycles. The first kappa shape index (κ1) is 18.8. The number of halogens is 1. The van der Waals surface area contributed by atoms with Crippen LogP contribution < -0.4 is 20.7 Å². The van der Waals surface area contributed by atoms with Gasteiger partial charge in [0.15, 0.2) is 11.6 Å². The van der Waals surface area contributed by atoms with Crippen LogP contribution in [0.4, 0.5) is 15.8 Å². The van der Waals surface area contributed by atoms with E-state index >= 15 is 0 Å². The molecule has 2 aromatic carbocycles. The number of nitrogen functional groups attached to an aromatic ring is 1. The highest BCUT2D eigenvalue weighted by atomic mass is 32.1. The number of hydrogen-bond donors (Lipinski definition) is 2. The molecule has 0 bridgehead atoms. The van der Waals surface area contributed by atoms with E-state index in [0.29, 0.717) is 11.4 Å². The maximum Gasteiger partial charge on any atom is 0.167 e. The maximum atomic E-state index is 14.2. The maximum absolute atomic E-state index is 14.2. The summed E-state index contributed by atoms with van der Waals surface area (Å²) in [6.07, 6.45) is 1.68. The Morgan fingerprint density at radius 1 is 1.00 bits per heavy atom. The van der Waals surface area contributed by atoms with Gasteiger partial charge in [-0.25, -0.2) is 4.39 Å². The molecule has 0 spiro atoms. The van der Waals surface area contributed by atoms with Crippen molar-refractivity contribution in [1.29, 1.82) is 0 Å². The van der Waals surface area contributed by atoms with Gasteiger partial charge in [0.25, 0.3) is 0 Å². The van der Waals surface area contributed by atoms with Crippen molar-refractivity contribution in [2.45, 2.75) is 0 Å². The zero-order valence-electron chi connectivity index (χ0n) is 16.3. The molecule has 1 aliphatic rings. The summed E-state index contributed by atoms with van der Waals surface area (Å²) >= 11 is 1.59. The Balaban J connectivity index is 1.44. The summed E-state index contributed by atoms with van der Waals surface area (Å²) in [5.74, 6) is 0.240.